The third-order valence-corrected chi connectivity index (χ3v) is 16.2. The van der Waals surface area contributed by atoms with Crippen LogP contribution in [-0.4, -0.2) is 0 Å². The summed E-state index contributed by atoms with van der Waals surface area (Å²) >= 11 is 0. The van der Waals surface area contributed by atoms with Gasteiger partial charge in [-0.25, -0.2) is 4.85 Å². The van der Waals surface area contributed by atoms with Gasteiger partial charge in [0.15, 0.2) is 5.69 Å². The molecule has 14 rings (SSSR count). The molecule has 4 nitrogen and oxygen atoms in total. The maximum absolute atomic E-state index is 10.8. The number of nitrogens with zero attached hydrogens (tertiary/aromatic N) is 4. The average Bonchev–Trinajstić information content (AvgIpc) is 4.07. The van der Waals surface area contributed by atoms with Gasteiger partial charge in [-0.05, 0) is 224 Å². The highest BCUT2D eigenvalue weighted by molar-refractivity contribution is 6.32. The highest BCUT2D eigenvalue weighted by Crippen LogP contribution is 2.59. The van der Waals surface area contributed by atoms with Gasteiger partial charge in [0.1, 0.15) is 0 Å². The van der Waals surface area contributed by atoms with E-state index < -0.39 is 0 Å². The molecule has 0 amide bonds. The van der Waals surface area contributed by atoms with Crippen LogP contribution < -0.4 is 0 Å². The molecule has 4 heteroatoms. The van der Waals surface area contributed by atoms with Crippen molar-refractivity contribution in [2.45, 2.75) is 27.7 Å². The zero-order valence-electron chi connectivity index (χ0n) is 41.0. The maximum Gasteiger partial charge on any atom is 0.196 e. The lowest BCUT2D eigenvalue weighted by Gasteiger charge is -2.20. The Morgan fingerprint density at radius 3 is 1.20 bits per heavy atom. The largest absolute Gasteiger partial charge is 0.237 e. The van der Waals surface area contributed by atoms with Crippen LogP contribution in [0.3, 0.4) is 0 Å². The molecule has 12 aromatic rings. The molecule has 0 saturated heterocycles. The second-order valence-corrected chi connectivity index (χ2v) is 20.0. The highest BCUT2D eigenvalue weighted by Gasteiger charge is 2.32. The molecule has 2 aliphatic rings. The number of nitriles is 3. The van der Waals surface area contributed by atoms with E-state index in [1.807, 2.05) is 24.3 Å². The summed E-state index contributed by atoms with van der Waals surface area (Å²) in [5, 5.41) is 41.9. The number of hydrogen-bond acceptors (Lipinski definition) is 3. The van der Waals surface area contributed by atoms with Crippen LogP contribution in [0.2, 0.25) is 0 Å². The fourth-order valence-corrected chi connectivity index (χ4v) is 13.1. The number of hydrogen-bond donors (Lipinski definition) is 0. The predicted octanol–water partition coefficient (Wildman–Crippen LogP) is 18.8. The summed E-state index contributed by atoms with van der Waals surface area (Å²) in [7, 11) is 0. The molecule has 0 unspecified atom stereocenters. The molecule has 0 bridgehead atoms. The Morgan fingerprint density at radius 1 is 0.311 bits per heavy atom. The molecule has 0 radical (unpaired) electrons. The van der Waals surface area contributed by atoms with Gasteiger partial charge in [0.05, 0.1) is 35.9 Å². The first-order valence-corrected chi connectivity index (χ1v) is 24.9. The second-order valence-electron chi connectivity index (χ2n) is 20.0. The zero-order valence-corrected chi connectivity index (χ0v) is 41.0. The first-order chi connectivity index (χ1) is 36.2. The van der Waals surface area contributed by atoms with Crippen LogP contribution in [0.4, 0.5) is 5.69 Å². The summed E-state index contributed by atoms with van der Waals surface area (Å²) in [6, 6.07) is 67.0. The highest BCUT2D eigenvalue weighted by atomic mass is 14.6. The van der Waals surface area contributed by atoms with Crippen molar-refractivity contribution in [1.29, 1.82) is 15.8 Å². The van der Waals surface area contributed by atoms with Gasteiger partial charge in [0.25, 0.3) is 0 Å². The van der Waals surface area contributed by atoms with Crippen LogP contribution >= 0.6 is 0 Å². The lowest BCUT2D eigenvalue weighted by molar-refractivity contribution is 1.38. The van der Waals surface area contributed by atoms with Crippen molar-refractivity contribution in [3.8, 4) is 107 Å². The van der Waals surface area contributed by atoms with E-state index in [-0.39, 0.29) is 0 Å². The summed E-state index contributed by atoms with van der Waals surface area (Å²) in [5.74, 6) is 0. The molecular weight excluding hydrogens is 897 g/mol. The predicted molar refractivity (Wildman–Crippen MR) is 304 cm³/mol. The van der Waals surface area contributed by atoms with Crippen molar-refractivity contribution in [3.63, 3.8) is 0 Å². The van der Waals surface area contributed by atoms with Crippen LogP contribution in [0.25, 0.3) is 148 Å². The lowest BCUT2D eigenvalue weighted by Crippen LogP contribution is -1.94. The first kappa shape index (κ1) is 42.8. The van der Waals surface area contributed by atoms with E-state index in [9.17, 15) is 15.8 Å². The van der Waals surface area contributed by atoms with Crippen LogP contribution in [0, 0.1) is 68.3 Å². The standard InChI is InChI=1S/C70H40N4/c1-37-10-6-11-38(2)63(37)51-26-28-56-65-47(51)14-8-16-49(65)60-32-58-45-23-25-54-59(46(45)22-24-53(58)67(69(56)60)44-20-18-41(34-71)30-43(44)36-73)33-61-50-17-9-15-48-52(64-39(3)12-7-13-40(64)4)27-29-57(66(48)50)70(61)68(54)55-21-19-42(35-72)31-62(55)74-5/h6-33H,1-4H3. The minimum absolute atomic E-state index is 0.433. The van der Waals surface area contributed by atoms with Crippen LogP contribution in [0.15, 0.2) is 170 Å². The molecule has 0 fully saturated rings. The Kier molecular flexibility index (Phi) is 9.07. The van der Waals surface area contributed by atoms with E-state index in [0.29, 0.717) is 22.4 Å². The Bertz CT molecular complexity index is 4460. The van der Waals surface area contributed by atoms with Crippen molar-refractivity contribution in [1.82, 2.24) is 0 Å². The van der Waals surface area contributed by atoms with E-state index in [4.69, 9.17) is 6.57 Å². The van der Waals surface area contributed by atoms with Crippen molar-refractivity contribution in [2.24, 2.45) is 0 Å². The van der Waals surface area contributed by atoms with Gasteiger partial charge in [-0.15, -0.1) is 0 Å². The molecular formula is C70H40N4. The SMILES string of the molecule is [C-]#[N+]c1cc(C#N)ccc1-c1c2c(cc3c1ccc1c4cc5c(c(-c6ccc(C#N)cc6C#N)c4ccc31)-c1ccc(-c3c(C)cccc3C)c3cccc-5c13)-c1cccc3c(-c4c(C)cccc4C)ccc-2c13. The third-order valence-electron chi connectivity index (χ3n) is 16.2. The molecule has 0 heterocycles. The molecule has 74 heavy (non-hydrogen) atoms. The van der Waals surface area contributed by atoms with E-state index in [1.54, 1.807) is 12.1 Å². The van der Waals surface area contributed by atoms with E-state index in [0.717, 1.165) is 99.1 Å². The van der Waals surface area contributed by atoms with Crippen molar-refractivity contribution < 1.29 is 0 Å². The van der Waals surface area contributed by atoms with Crippen LogP contribution in [0.5, 0.6) is 0 Å². The van der Waals surface area contributed by atoms with Gasteiger partial charge < -0.3 is 0 Å². The monoisotopic (exact) mass is 936 g/mol. The molecule has 0 atom stereocenters. The fourth-order valence-electron chi connectivity index (χ4n) is 13.1. The molecule has 0 spiro atoms. The quantitative estimate of drug-likeness (QED) is 0.130. The van der Waals surface area contributed by atoms with Gasteiger partial charge in [0, 0.05) is 11.1 Å². The van der Waals surface area contributed by atoms with Crippen LogP contribution in [-0.2, 0) is 0 Å². The molecule has 0 saturated carbocycles. The molecule has 0 aliphatic heterocycles. The first-order valence-electron chi connectivity index (χ1n) is 24.9. The van der Waals surface area contributed by atoms with E-state index in [2.05, 4.69) is 184 Å². The van der Waals surface area contributed by atoms with Gasteiger partial charge in [-0.3, -0.25) is 0 Å². The summed E-state index contributed by atoms with van der Waals surface area (Å²) in [6.07, 6.45) is 0. The smallest absolute Gasteiger partial charge is 0.196 e. The van der Waals surface area contributed by atoms with Crippen molar-refractivity contribution in [2.75, 3.05) is 0 Å². The number of rotatable bonds is 4. The minimum Gasteiger partial charge on any atom is -0.237 e. The average molecular weight is 937 g/mol. The van der Waals surface area contributed by atoms with E-state index >= 15 is 0 Å². The summed E-state index contributed by atoms with van der Waals surface area (Å²) in [4.78, 5) is 4.08. The van der Waals surface area contributed by atoms with Crippen LogP contribution in [0.1, 0.15) is 38.9 Å². The number of benzene rings is 12. The van der Waals surface area contributed by atoms with Gasteiger partial charge in [0.2, 0.25) is 0 Å². The molecule has 0 aromatic heterocycles. The Labute approximate surface area is 428 Å². The lowest BCUT2D eigenvalue weighted by atomic mass is 9.82. The minimum atomic E-state index is 0.433. The van der Waals surface area contributed by atoms with Crippen molar-refractivity contribution in [3.05, 3.63) is 220 Å². The van der Waals surface area contributed by atoms with Gasteiger partial charge in [-0.1, -0.05) is 133 Å². The third kappa shape index (κ3) is 5.75. The number of aryl methyl sites for hydroxylation is 4. The summed E-state index contributed by atoms with van der Waals surface area (Å²) in [6.45, 7) is 17.2. The number of fused-ring (bicyclic) bond motifs is 11. The Hall–Kier alpha value is -10.1. The van der Waals surface area contributed by atoms with E-state index in [1.165, 1.54) is 66.1 Å². The summed E-state index contributed by atoms with van der Waals surface area (Å²) < 4.78 is 0. The van der Waals surface area contributed by atoms with Gasteiger partial charge >= 0.3 is 0 Å². The fraction of sp³-hybridized carbons (Fsp3) is 0.0571. The Morgan fingerprint density at radius 2 is 0.730 bits per heavy atom. The Balaban J connectivity index is 1.10. The molecule has 2 aliphatic carbocycles. The van der Waals surface area contributed by atoms with Gasteiger partial charge in [-0.2, -0.15) is 15.8 Å². The maximum atomic E-state index is 10.8. The topological polar surface area (TPSA) is 75.7 Å². The zero-order chi connectivity index (χ0) is 50.3. The molecule has 340 valence electrons. The molecule has 0 N–H and O–H groups in total. The molecule has 12 aromatic carbocycles. The second kappa shape index (κ2) is 15.7. The summed E-state index contributed by atoms with van der Waals surface area (Å²) in [5.41, 5.74) is 24.0. The van der Waals surface area contributed by atoms with Crippen molar-refractivity contribution >= 4 is 59.5 Å². The normalized spacial score (nSPS) is 11.7.